The number of fused-ring (bicyclic) bond motifs is 2. The van der Waals surface area contributed by atoms with Gasteiger partial charge in [-0.3, -0.25) is 14.4 Å². The third-order valence-electron chi connectivity index (χ3n) is 18.6. The highest BCUT2D eigenvalue weighted by Crippen LogP contribution is 2.38. The van der Waals surface area contributed by atoms with Crippen LogP contribution in [0.2, 0.25) is 0 Å². The molecule has 0 aliphatic carbocycles. The number of benzene rings is 1. The second-order valence-corrected chi connectivity index (χ2v) is 26.4. The maximum atomic E-state index is 14.3. The number of rotatable bonds is 31. The number of ether oxygens (including phenoxy) is 10. The number of carbonyl (C=O) groups is 4. The summed E-state index contributed by atoms with van der Waals surface area (Å²) < 4.78 is 63.1. The van der Waals surface area contributed by atoms with E-state index in [1.54, 1.807) is 52.0 Å². The van der Waals surface area contributed by atoms with Gasteiger partial charge in [-0.25, -0.2) is 14.6 Å². The molecule has 0 unspecified atom stereocenters. The monoisotopic (exact) mass is 1300 g/mol. The lowest BCUT2D eigenvalue weighted by Gasteiger charge is -2.49. The highest BCUT2D eigenvalue weighted by atomic mass is 17.2. The highest BCUT2D eigenvalue weighted by Gasteiger charge is 2.57. The van der Waals surface area contributed by atoms with Gasteiger partial charge in [0.25, 0.3) is 0 Å². The molecular weight excluding hydrogens is 1190 g/mol. The van der Waals surface area contributed by atoms with E-state index in [-0.39, 0.29) is 31.1 Å². The molecule has 0 amide bonds. The Labute approximate surface area is 547 Å². The van der Waals surface area contributed by atoms with Gasteiger partial charge in [-0.1, -0.05) is 199 Å². The predicted molar refractivity (Wildman–Crippen MR) is 342 cm³/mol. The van der Waals surface area contributed by atoms with Gasteiger partial charge >= 0.3 is 17.9 Å². The molecule has 21 atom stereocenters. The fraction of sp³-hybridized carbons (Fsp3) is 0.831. The number of ketones is 1. The third-order valence-corrected chi connectivity index (χ3v) is 18.6. The van der Waals surface area contributed by atoms with Gasteiger partial charge in [0.05, 0.1) is 30.5 Å². The smallest absolute Gasteiger partial charge is 0.331 e. The summed E-state index contributed by atoms with van der Waals surface area (Å²) in [7, 11) is 0. The van der Waals surface area contributed by atoms with E-state index in [4.69, 9.17) is 57.1 Å². The van der Waals surface area contributed by atoms with Crippen LogP contribution >= 0.6 is 0 Å². The summed E-state index contributed by atoms with van der Waals surface area (Å²) >= 11 is 0. The van der Waals surface area contributed by atoms with E-state index in [0.717, 1.165) is 135 Å². The largest absolute Gasteiger partial charge is 0.457 e. The molecule has 1 aromatic carbocycles. The summed E-state index contributed by atoms with van der Waals surface area (Å²) in [5.74, 6) is -2.49. The van der Waals surface area contributed by atoms with E-state index in [1.165, 1.54) is 37.8 Å². The lowest BCUT2D eigenvalue weighted by Crippen LogP contribution is -2.66. The molecule has 21 heteroatoms. The number of aliphatic hydroxyl groups excluding tert-OH is 5. The first kappa shape index (κ1) is 77.5. The van der Waals surface area contributed by atoms with E-state index in [0.29, 0.717) is 24.8 Å². The van der Waals surface area contributed by atoms with Crippen molar-refractivity contribution in [3.05, 3.63) is 42.0 Å². The Bertz CT molecular complexity index is 2260. The molecule has 5 aliphatic rings. The van der Waals surface area contributed by atoms with Gasteiger partial charge < -0.3 is 72.9 Å². The molecule has 0 aromatic heterocycles. The Morgan fingerprint density at radius 1 is 0.478 bits per heavy atom. The van der Waals surface area contributed by atoms with Crippen LogP contribution in [0.3, 0.4) is 0 Å². The molecule has 5 aliphatic heterocycles. The maximum absolute atomic E-state index is 14.3. The minimum atomic E-state index is -1.87. The highest BCUT2D eigenvalue weighted by molar-refractivity contribution is 5.87. The van der Waals surface area contributed by atoms with Crippen LogP contribution in [0.15, 0.2) is 36.4 Å². The quantitative estimate of drug-likeness (QED) is 0.0152. The topological polar surface area (TPSA) is 280 Å². The van der Waals surface area contributed by atoms with Gasteiger partial charge in [0.15, 0.2) is 55.2 Å². The van der Waals surface area contributed by atoms with Crippen molar-refractivity contribution < 1.29 is 102 Å². The summed E-state index contributed by atoms with van der Waals surface area (Å²) in [6, 6.07) is 9.01. The first-order chi connectivity index (χ1) is 44.4. The number of esters is 3. The lowest BCUT2D eigenvalue weighted by molar-refractivity contribution is -0.444. The molecule has 5 saturated heterocycles. The lowest BCUT2D eigenvalue weighted by atomic mass is 9.91. The molecule has 1 aromatic rings. The van der Waals surface area contributed by atoms with Crippen LogP contribution in [-0.2, 0) is 76.3 Å². The Morgan fingerprint density at radius 2 is 1.00 bits per heavy atom. The van der Waals surface area contributed by atoms with Gasteiger partial charge in [-0.05, 0) is 71.4 Å². The van der Waals surface area contributed by atoms with Crippen LogP contribution in [0.5, 0.6) is 0 Å². The van der Waals surface area contributed by atoms with Crippen LogP contribution in [0, 0.1) is 0 Å². The molecule has 0 saturated carbocycles. The fourth-order valence-corrected chi connectivity index (χ4v) is 13.0. The minimum Gasteiger partial charge on any atom is -0.457 e. The van der Waals surface area contributed by atoms with Crippen LogP contribution in [0.1, 0.15) is 253 Å². The number of hydrogen-bond donors (Lipinski definition) is 5. The second kappa shape index (κ2) is 42.2. The first-order valence-electron chi connectivity index (χ1n) is 35.6. The van der Waals surface area contributed by atoms with Crippen LogP contribution in [0.4, 0.5) is 0 Å². The molecule has 0 spiro atoms. The average molecular weight is 1310 g/mol. The molecule has 526 valence electrons. The summed E-state index contributed by atoms with van der Waals surface area (Å²) in [6.45, 7) is 12.8. The summed E-state index contributed by atoms with van der Waals surface area (Å²) in [5.41, 5.74) is 0.693. The molecule has 0 radical (unpaired) electrons. The van der Waals surface area contributed by atoms with Crippen molar-refractivity contribution in [2.45, 2.75) is 376 Å². The normalized spacial score (nSPS) is 34.7. The zero-order chi connectivity index (χ0) is 66.4. The Hall–Kier alpha value is -3.52. The molecule has 21 nitrogen and oxygen atoms in total. The predicted octanol–water partition coefficient (Wildman–Crippen LogP) is 10.8. The van der Waals surface area contributed by atoms with E-state index in [9.17, 15) is 44.7 Å². The molecule has 5 fully saturated rings. The Morgan fingerprint density at radius 3 is 1.63 bits per heavy atom. The Balaban J connectivity index is 1.24. The standard InChI is InChI=1S/C71H116O21/c1-8-11-14-16-18-19-24-28-35-42-53(73)86-61-48(6)84-70(67(59(61)79)88-55(75)45-44-50-37-31-29-32-38-50)90-63-49(7)83-69(60(80)65(63)87-54(74)43-36-27-21-17-15-12-9-2)89-62-47(5)81-64-52(72)41-34-26-23-20-22-25-33-40-51(39-30-13-10-3)85-71-68(92-91-66(64)58(62)78)57(77)56(76)46(4)82-71/h29,31-32,37-38,44-49,51,56-71,76-80H,8-28,30,33-36,39-43H2,1-7H3/b45-44+/t46-,47+,48+,49+,51+,56+,57+,58-,59-,60-,61+,62+,63+,64+,65+,66-,67-,68-,69+,70+,71+/m1/s1. The molecule has 5 N–H and O–H groups in total. The van der Waals surface area contributed by atoms with E-state index >= 15 is 0 Å². The van der Waals surface area contributed by atoms with Crippen LogP contribution < -0.4 is 0 Å². The van der Waals surface area contributed by atoms with Crippen molar-refractivity contribution in [1.29, 1.82) is 0 Å². The molecular formula is C71H116O21. The number of hydrogen-bond acceptors (Lipinski definition) is 21. The SMILES string of the molecule is CCCCCCCCCCCC(=O)O[C@@H]1[C@@H](O)[C@@H](OC(=O)/C=C/c2ccccc2)[C@H](O[C@@H]2[C@@H](OC(=O)CCCCCCCCC)[C@@H](O)[C@H](O[C@@H]3[C@@H](O)[C@H]4OO[C@H]5[C@H](O[C@@H](CCCCC)CCCCCCCCCC(=O)[C@@H]4O[C@H]3C)O[C@H](C)[C@H](O)[C@@H]5O)O[C@H]2C)O[C@H]1C. The Kier molecular flexibility index (Phi) is 35.6. The number of unbranched alkanes of at least 4 members (excludes halogenated alkanes) is 16. The van der Waals surface area contributed by atoms with E-state index in [2.05, 4.69) is 20.8 Å². The third kappa shape index (κ3) is 24.8. The molecule has 6 rings (SSSR count). The van der Waals surface area contributed by atoms with Gasteiger partial charge in [0.2, 0.25) is 0 Å². The first-order valence-corrected chi connectivity index (χ1v) is 35.6. The number of Topliss-reactive ketones (excluding diaryl/α,β-unsaturated/α-hetero) is 1. The molecule has 5 heterocycles. The molecule has 0 bridgehead atoms. The van der Waals surface area contributed by atoms with Crippen LogP contribution in [-0.4, -0.2) is 178 Å². The fourth-order valence-electron chi connectivity index (χ4n) is 13.0. The van der Waals surface area contributed by atoms with E-state index in [1.807, 2.05) is 6.07 Å². The average Bonchev–Trinajstić information content (AvgIpc) is 0.799. The van der Waals surface area contributed by atoms with Crippen molar-refractivity contribution >= 4 is 29.8 Å². The molecule has 92 heavy (non-hydrogen) atoms. The number of aliphatic hydroxyl groups is 5. The van der Waals surface area contributed by atoms with Gasteiger partial charge in [-0.15, -0.1) is 0 Å². The van der Waals surface area contributed by atoms with Crippen molar-refractivity contribution in [3.63, 3.8) is 0 Å². The minimum absolute atomic E-state index is 0.0109. The van der Waals surface area contributed by atoms with Gasteiger partial charge in [0.1, 0.15) is 48.8 Å². The summed E-state index contributed by atoms with van der Waals surface area (Å²) in [5, 5.41) is 59.9. The van der Waals surface area contributed by atoms with Crippen molar-refractivity contribution in [1.82, 2.24) is 0 Å². The van der Waals surface area contributed by atoms with Crippen molar-refractivity contribution in [3.8, 4) is 0 Å². The van der Waals surface area contributed by atoms with Gasteiger partial charge in [0, 0.05) is 25.3 Å². The van der Waals surface area contributed by atoms with Gasteiger partial charge in [-0.2, -0.15) is 0 Å². The maximum Gasteiger partial charge on any atom is 0.331 e. The van der Waals surface area contributed by atoms with E-state index < -0.39 is 141 Å². The van der Waals surface area contributed by atoms with Crippen LogP contribution in [0.25, 0.3) is 6.08 Å². The zero-order valence-electron chi connectivity index (χ0n) is 56.4. The van der Waals surface area contributed by atoms with Crippen molar-refractivity contribution in [2.24, 2.45) is 0 Å². The zero-order valence-corrected chi connectivity index (χ0v) is 56.4. The summed E-state index contributed by atoms with van der Waals surface area (Å²) in [6.07, 6.45) is 0.337. The second-order valence-electron chi connectivity index (χ2n) is 26.4. The summed E-state index contributed by atoms with van der Waals surface area (Å²) in [4.78, 5) is 67.5. The van der Waals surface area contributed by atoms with Crippen molar-refractivity contribution in [2.75, 3.05) is 0 Å². The number of carbonyl (C=O) groups excluding carboxylic acids is 4.